The lowest BCUT2D eigenvalue weighted by Gasteiger charge is -2.03. The second-order valence-electron chi connectivity index (χ2n) is 5.16. The molecular formula is C17H20FNO. The van der Waals surface area contributed by atoms with E-state index in [0.29, 0.717) is 5.92 Å². The zero-order chi connectivity index (χ0) is 14.4. The molecule has 1 N–H and O–H groups in total. The maximum atomic E-state index is 12.9. The van der Waals surface area contributed by atoms with Crippen LogP contribution in [0, 0.1) is 11.7 Å². The number of nitrogens with one attached hydrogen (secondary N) is 1. The van der Waals surface area contributed by atoms with E-state index in [1.54, 1.807) is 12.1 Å². The minimum Gasteiger partial charge on any atom is -0.457 e. The van der Waals surface area contributed by atoms with Crippen LogP contribution in [0.5, 0.6) is 0 Å². The minimum atomic E-state index is -0.239. The van der Waals surface area contributed by atoms with Crippen LogP contribution in [-0.4, -0.2) is 13.1 Å². The second-order valence-corrected chi connectivity index (χ2v) is 5.16. The molecule has 2 nitrogen and oxygen atoms in total. The molecule has 0 bridgehead atoms. The number of hydrogen-bond donors (Lipinski definition) is 1. The predicted molar refractivity (Wildman–Crippen MR) is 80.8 cm³/mol. The van der Waals surface area contributed by atoms with Crippen LogP contribution in [0.25, 0.3) is 17.4 Å². The highest BCUT2D eigenvalue weighted by atomic mass is 19.1. The highest BCUT2D eigenvalue weighted by Crippen LogP contribution is 2.22. The van der Waals surface area contributed by atoms with Gasteiger partial charge in [-0.2, -0.15) is 0 Å². The van der Waals surface area contributed by atoms with Crippen LogP contribution in [0.4, 0.5) is 4.39 Å². The molecule has 2 rings (SSSR count). The maximum Gasteiger partial charge on any atom is 0.134 e. The largest absolute Gasteiger partial charge is 0.457 e. The van der Waals surface area contributed by atoms with Crippen LogP contribution in [-0.2, 0) is 0 Å². The minimum absolute atomic E-state index is 0.239. The maximum absolute atomic E-state index is 12.9. The smallest absolute Gasteiger partial charge is 0.134 e. The van der Waals surface area contributed by atoms with Crippen LogP contribution in [0.1, 0.15) is 19.6 Å². The Morgan fingerprint density at radius 3 is 2.60 bits per heavy atom. The summed E-state index contributed by atoms with van der Waals surface area (Å²) in [6.45, 7) is 6.19. The Morgan fingerprint density at radius 1 is 1.15 bits per heavy atom. The van der Waals surface area contributed by atoms with Gasteiger partial charge in [0.15, 0.2) is 0 Å². The third-order valence-corrected chi connectivity index (χ3v) is 2.85. The van der Waals surface area contributed by atoms with Crippen molar-refractivity contribution < 1.29 is 8.81 Å². The first-order chi connectivity index (χ1) is 9.65. The van der Waals surface area contributed by atoms with E-state index in [1.165, 1.54) is 12.1 Å². The molecule has 3 heteroatoms. The number of benzene rings is 1. The molecule has 0 atom stereocenters. The normalized spacial score (nSPS) is 11.6. The summed E-state index contributed by atoms with van der Waals surface area (Å²) in [5.74, 6) is 1.96. The van der Waals surface area contributed by atoms with E-state index in [4.69, 9.17) is 4.42 Å². The Balaban J connectivity index is 1.92. The fraction of sp³-hybridized carbons (Fsp3) is 0.294. The second kappa shape index (κ2) is 7.06. The van der Waals surface area contributed by atoms with Crippen LogP contribution in [0.2, 0.25) is 0 Å². The van der Waals surface area contributed by atoms with Crippen molar-refractivity contribution in [3.63, 3.8) is 0 Å². The third-order valence-electron chi connectivity index (χ3n) is 2.85. The highest BCUT2D eigenvalue weighted by Gasteiger charge is 2.02. The molecule has 0 aliphatic rings. The number of halogens is 1. The van der Waals surface area contributed by atoms with E-state index in [0.717, 1.165) is 30.2 Å². The van der Waals surface area contributed by atoms with Gasteiger partial charge in [-0.15, -0.1) is 0 Å². The van der Waals surface area contributed by atoms with Gasteiger partial charge in [-0.25, -0.2) is 4.39 Å². The predicted octanol–water partition coefficient (Wildman–Crippen LogP) is 4.34. The van der Waals surface area contributed by atoms with E-state index in [2.05, 4.69) is 19.2 Å². The van der Waals surface area contributed by atoms with Gasteiger partial charge in [0.25, 0.3) is 0 Å². The van der Waals surface area contributed by atoms with Crippen molar-refractivity contribution in [1.29, 1.82) is 0 Å². The molecule has 0 saturated carbocycles. The van der Waals surface area contributed by atoms with Crippen molar-refractivity contribution >= 4 is 6.08 Å². The van der Waals surface area contributed by atoms with Crippen molar-refractivity contribution in [3.8, 4) is 11.3 Å². The van der Waals surface area contributed by atoms with E-state index >= 15 is 0 Å². The first kappa shape index (κ1) is 14.5. The summed E-state index contributed by atoms with van der Waals surface area (Å²) in [6.07, 6.45) is 3.98. The first-order valence-corrected chi connectivity index (χ1v) is 6.88. The molecule has 0 saturated heterocycles. The van der Waals surface area contributed by atoms with Crippen molar-refractivity contribution in [3.05, 3.63) is 54.1 Å². The van der Waals surface area contributed by atoms with E-state index in [-0.39, 0.29) is 5.82 Å². The molecule has 0 fully saturated rings. The summed E-state index contributed by atoms with van der Waals surface area (Å²) < 4.78 is 18.6. The molecule has 1 aromatic carbocycles. The van der Waals surface area contributed by atoms with Gasteiger partial charge in [0.1, 0.15) is 17.3 Å². The molecule has 0 aliphatic carbocycles. The standard InChI is InChI=1S/C17H20FNO/c1-13(2)12-19-11-3-4-16-9-10-17(20-16)14-5-7-15(18)8-6-14/h3-10,13,19H,11-12H2,1-2H3. The molecule has 0 radical (unpaired) electrons. The van der Waals surface area contributed by atoms with Crippen molar-refractivity contribution in [2.45, 2.75) is 13.8 Å². The van der Waals surface area contributed by atoms with Crippen LogP contribution in [0.3, 0.4) is 0 Å². The van der Waals surface area contributed by atoms with Gasteiger partial charge >= 0.3 is 0 Å². The van der Waals surface area contributed by atoms with Gasteiger partial charge < -0.3 is 9.73 Å². The van der Waals surface area contributed by atoms with Crippen LogP contribution < -0.4 is 5.32 Å². The molecule has 0 amide bonds. The molecule has 1 aromatic heterocycles. The van der Waals surface area contributed by atoms with Crippen LogP contribution in [0.15, 0.2) is 46.9 Å². The zero-order valence-electron chi connectivity index (χ0n) is 11.9. The summed E-state index contributed by atoms with van der Waals surface area (Å²) in [4.78, 5) is 0. The number of rotatable bonds is 6. The summed E-state index contributed by atoms with van der Waals surface area (Å²) in [5.41, 5.74) is 0.879. The lowest BCUT2D eigenvalue weighted by molar-refractivity contribution is 0.568. The Hall–Kier alpha value is -1.87. The first-order valence-electron chi connectivity index (χ1n) is 6.88. The molecule has 106 valence electrons. The Morgan fingerprint density at radius 2 is 1.90 bits per heavy atom. The molecule has 0 aliphatic heterocycles. The number of furan rings is 1. The van der Waals surface area contributed by atoms with E-state index in [1.807, 2.05) is 24.3 Å². The summed E-state index contributed by atoms with van der Waals surface area (Å²) >= 11 is 0. The van der Waals surface area contributed by atoms with E-state index < -0.39 is 0 Å². The topological polar surface area (TPSA) is 25.2 Å². The quantitative estimate of drug-likeness (QED) is 0.792. The van der Waals surface area contributed by atoms with Crippen molar-refractivity contribution in [1.82, 2.24) is 5.32 Å². The molecule has 2 aromatic rings. The van der Waals surface area contributed by atoms with Crippen molar-refractivity contribution in [2.75, 3.05) is 13.1 Å². The monoisotopic (exact) mass is 273 g/mol. The molecular weight excluding hydrogens is 253 g/mol. The lowest BCUT2D eigenvalue weighted by atomic mass is 10.2. The SMILES string of the molecule is CC(C)CNCC=Cc1ccc(-c2ccc(F)cc2)o1. The lowest BCUT2D eigenvalue weighted by Crippen LogP contribution is -2.19. The fourth-order valence-corrected chi connectivity index (χ4v) is 1.84. The number of hydrogen-bond acceptors (Lipinski definition) is 2. The van der Waals surface area contributed by atoms with Gasteiger partial charge in [-0.05, 0) is 54.9 Å². The average Bonchev–Trinajstić information content (AvgIpc) is 2.87. The van der Waals surface area contributed by atoms with Gasteiger partial charge in [-0.1, -0.05) is 19.9 Å². The van der Waals surface area contributed by atoms with Gasteiger partial charge in [0, 0.05) is 12.1 Å². The summed E-state index contributed by atoms with van der Waals surface area (Å²) in [7, 11) is 0. The van der Waals surface area contributed by atoms with Crippen LogP contribution >= 0.6 is 0 Å². The molecule has 20 heavy (non-hydrogen) atoms. The molecule has 0 spiro atoms. The van der Waals surface area contributed by atoms with Gasteiger partial charge in [0.2, 0.25) is 0 Å². The van der Waals surface area contributed by atoms with Gasteiger partial charge in [-0.3, -0.25) is 0 Å². The fourth-order valence-electron chi connectivity index (χ4n) is 1.84. The average molecular weight is 273 g/mol. The third kappa shape index (κ3) is 4.35. The Labute approximate surface area is 119 Å². The Bertz CT molecular complexity index is 555. The zero-order valence-corrected chi connectivity index (χ0v) is 11.9. The van der Waals surface area contributed by atoms with Gasteiger partial charge in [0.05, 0.1) is 0 Å². The van der Waals surface area contributed by atoms with Crippen molar-refractivity contribution in [2.24, 2.45) is 5.92 Å². The molecule has 1 heterocycles. The highest BCUT2D eigenvalue weighted by molar-refractivity contribution is 5.59. The molecule has 0 unspecified atom stereocenters. The summed E-state index contributed by atoms with van der Waals surface area (Å²) in [6, 6.07) is 10.1. The Kier molecular flexibility index (Phi) is 5.13. The summed E-state index contributed by atoms with van der Waals surface area (Å²) in [5, 5.41) is 3.33. The van der Waals surface area contributed by atoms with E-state index in [9.17, 15) is 4.39 Å².